The number of sulfonamides is 1. The van der Waals surface area contributed by atoms with Gasteiger partial charge in [-0.2, -0.15) is 18.2 Å². The number of benzene rings is 1. The number of rotatable bonds is 9. The molecule has 7 rings (SSSR count). The van der Waals surface area contributed by atoms with Gasteiger partial charge >= 0.3 is 12.3 Å². The second-order valence-corrected chi connectivity index (χ2v) is 18.9. The van der Waals surface area contributed by atoms with E-state index in [9.17, 15) is 36.0 Å². The van der Waals surface area contributed by atoms with Crippen LogP contribution in [-0.2, 0) is 33.9 Å². The number of nitrogens with one attached hydrogen (secondary N) is 3. The van der Waals surface area contributed by atoms with Crippen molar-refractivity contribution in [1.29, 1.82) is 0 Å². The first-order chi connectivity index (χ1) is 31.7. The molecule has 62 heavy (non-hydrogen) atoms. The molecule has 2 saturated carbocycles. The lowest BCUT2D eigenvalue weighted by atomic mass is 9.88. The Morgan fingerprint density at radius 2 is 1.82 bits per heavy atom. The predicted molar refractivity (Wildman–Crippen MR) is 220 cm³/mol. The lowest BCUT2D eigenvalue weighted by molar-refractivity contribution is -0.244. The third kappa shape index (κ3) is 9.70. The maximum Gasteiger partial charge on any atom is 0.427 e. The first-order valence-corrected chi connectivity index (χ1v) is 22.2. The minimum atomic E-state index is -6.16. The molecular formula is C42H55F3N6O10S. The van der Waals surface area contributed by atoms with E-state index in [0.717, 1.165) is 4.90 Å². The largest absolute Gasteiger partial charge is 0.497 e. The molecule has 3 N–H and O–H groups in total. The van der Waals surface area contributed by atoms with E-state index in [4.69, 9.17) is 27.4 Å². The van der Waals surface area contributed by atoms with Gasteiger partial charge in [-0.3, -0.25) is 19.1 Å². The highest BCUT2D eigenvalue weighted by Crippen LogP contribution is 2.46. The lowest BCUT2D eigenvalue weighted by Crippen LogP contribution is -2.59. The van der Waals surface area contributed by atoms with Crippen LogP contribution in [0, 0.1) is 17.8 Å². The zero-order valence-electron chi connectivity index (χ0n) is 40.5. The van der Waals surface area contributed by atoms with Crippen LogP contribution in [0.1, 0.15) is 80.7 Å². The molecule has 5 aliphatic rings. The standard InChI is InChI=1S/C42H55F3N6O10S/c1-24-8-6-7-9-27-22-41(27,38(54)49-62(56,57)30-11-12-30)48-35(52)32-21-29(23-51(32)37(53)34(25(2)18-24)47-39(55)61-40(3,4)42(43,44)45)60-36-31-13-10-28(58-5)19-26(31)20-33(46-36)50-14-16-59-17-15-50/h7,9-10,13,19-20,24-25,27,29-30,32,34H,6,8,11-12,14-18,21-23H2,1-5H3,(H,47,55)(H,48,52)(H,49,54)/b9-7-/t24-,25+,27+,29+,32-,34-,41+/m0/s1/i3D3,4D3. The Kier molecular flexibility index (Phi) is 10.6. The number of aromatic nitrogens is 1. The number of amides is 4. The average molecular weight is 899 g/mol. The summed E-state index contributed by atoms with van der Waals surface area (Å²) in [6.07, 6.45) is -4.52. The van der Waals surface area contributed by atoms with Crippen molar-refractivity contribution in [2.45, 2.75) is 113 Å². The topological polar surface area (TPSA) is 195 Å². The number of halogens is 3. The molecule has 0 spiro atoms. The van der Waals surface area contributed by atoms with Gasteiger partial charge < -0.3 is 39.4 Å². The zero-order chi connectivity index (χ0) is 49.8. The number of methoxy groups -OCH3 is 1. The Morgan fingerprint density at radius 1 is 1.08 bits per heavy atom. The van der Waals surface area contributed by atoms with E-state index in [1.165, 1.54) is 14.0 Å². The van der Waals surface area contributed by atoms with Crippen molar-refractivity contribution in [1.82, 2.24) is 25.2 Å². The molecule has 7 atom stereocenters. The summed E-state index contributed by atoms with van der Waals surface area (Å²) in [7, 11) is -2.58. The summed E-state index contributed by atoms with van der Waals surface area (Å²) < 4.78 is 140. The lowest BCUT2D eigenvalue weighted by Gasteiger charge is -2.34. The number of hydrogen-bond donors (Lipinski definition) is 3. The number of alkyl halides is 3. The minimum absolute atomic E-state index is 0.00606. The van der Waals surface area contributed by atoms with Crippen LogP contribution in [0.5, 0.6) is 11.6 Å². The van der Waals surface area contributed by atoms with Crippen LogP contribution in [0.15, 0.2) is 36.4 Å². The van der Waals surface area contributed by atoms with E-state index >= 15 is 4.79 Å². The number of fused-ring (bicyclic) bond motifs is 3. The number of morpholine rings is 1. The fourth-order valence-corrected chi connectivity index (χ4v) is 9.73. The first-order valence-electron chi connectivity index (χ1n) is 23.6. The Bertz CT molecular complexity index is 2380. The van der Waals surface area contributed by atoms with Crippen molar-refractivity contribution in [2.75, 3.05) is 44.9 Å². The fourth-order valence-electron chi connectivity index (χ4n) is 8.37. The van der Waals surface area contributed by atoms with Gasteiger partial charge in [-0.25, -0.2) is 13.2 Å². The number of allylic oxidation sites excluding steroid dienone is 1. The van der Waals surface area contributed by atoms with Crippen LogP contribution in [0.4, 0.5) is 23.8 Å². The van der Waals surface area contributed by atoms with E-state index in [2.05, 4.69) is 14.8 Å². The van der Waals surface area contributed by atoms with Crippen LogP contribution in [0.25, 0.3) is 10.8 Å². The molecule has 2 saturated heterocycles. The van der Waals surface area contributed by atoms with E-state index in [-0.39, 0.29) is 31.1 Å². The summed E-state index contributed by atoms with van der Waals surface area (Å²) in [6.45, 7) is -4.20. The van der Waals surface area contributed by atoms with Crippen LogP contribution in [0.2, 0.25) is 0 Å². The van der Waals surface area contributed by atoms with Crippen LogP contribution in [0.3, 0.4) is 0 Å². The van der Waals surface area contributed by atoms with Crippen LogP contribution in [-0.4, -0.2) is 123 Å². The van der Waals surface area contributed by atoms with Gasteiger partial charge in [-0.1, -0.05) is 26.0 Å². The maximum absolute atomic E-state index is 15.1. The van der Waals surface area contributed by atoms with Crippen LogP contribution >= 0.6 is 0 Å². The molecule has 4 amide bonds. The summed E-state index contributed by atoms with van der Waals surface area (Å²) >= 11 is 0. The molecule has 20 heteroatoms. The quantitative estimate of drug-likeness (QED) is 0.302. The van der Waals surface area contributed by atoms with Gasteiger partial charge in [0.2, 0.25) is 33.3 Å². The molecule has 2 aliphatic carbocycles. The zero-order valence-corrected chi connectivity index (χ0v) is 35.3. The normalized spacial score (nSPS) is 31.1. The number of nitrogens with zero attached hydrogens (tertiary/aromatic N) is 3. The van der Waals surface area contributed by atoms with E-state index < -0.39 is 107 Å². The second kappa shape index (κ2) is 17.4. The number of anilines is 1. The van der Waals surface area contributed by atoms with E-state index in [0.29, 0.717) is 74.3 Å². The Morgan fingerprint density at radius 3 is 2.50 bits per heavy atom. The van der Waals surface area contributed by atoms with Crippen molar-refractivity contribution in [2.24, 2.45) is 17.8 Å². The number of alkyl carbamates (subject to hydrolysis) is 1. The first kappa shape index (κ1) is 37.7. The van der Waals surface area contributed by atoms with Gasteiger partial charge in [0, 0.05) is 39.0 Å². The summed E-state index contributed by atoms with van der Waals surface area (Å²) in [5.74, 6) is -3.69. The third-order valence-corrected chi connectivity index (χ3v) is 14.0. The molecule has 0 bridgehead atoms. The Labute approximate surface area is 367 Å². The highest BCUT2D eigenvalue weighted by Gasteiger charge is 2.62. The van der Waals surface area contributed by atoms with Crippen LogP contribution < -0.4 is 29.7 Å². The summed E-state index contributed by atoms with van der Waals surface area (Å²) in [5.41, 5.74) is -6.78. The minimum Gasteiger partial charge on any atom is -0.497 e. The number of carbonyl (C=O) groups excluding carboxylic acids is 4. The third-order valence-electron chi connectivity index (χ3n) is 12.1. The molecule has 4 heterocycles. The summed E-state index contributed by atoms with van der Waals surface area (Å²) in [6, 6.07) is 3.59. The molecule has 1 aromatic carbocycles. The van der Waals surface area contributed by atoms with Crippen molar-refractivity contribution in [3.63, 3.8) is 0 Å². The molecule has 0 unspecified atom stereocenters. The molecule has 2 aromatic rings. The summed E-state index contributed by atoms with van der Waals surface area (Å²) in [4.78, 5) is 65.2. The number of ether oxygens (including phenoxy) is 4. The molecule has 4 fully saturated rings. The highest BCUT2D eigenvalue weighted by molar-refractivity contribution is 7.91. The molecule has 0 radical (unpaired) electrons. The predicted octanol–water partition coefficient (Wildman–Crippen LogP) is 4.36. The molecule has 3 aliphatic heterocycles. The Hall–Kier alpha value is -4.85. The van der Waals surface area contributed by atoms with Gasteiger partial charge in [0.1, 0.15) is 35.3 Å². The molecule has 340 valence electrons. The Balaban J connectivity index is 1.28. The molecule has 1 aromatic heterocycles. The maximum atomic E-state index is 15.1. The molecule has 16 nitrogen and oxygen atoms in total. The fraction of sp³-hybridized carbons (Fsp3) is 0.643. The molecular weight excluding hydrogens is 838 g/mol. The highest BCUT2D eigenvalue weighted by atomic mass is 32.2. The van der Waals surface area contributed by atoms with Crippen molar-refractivity contribution in [3.05, 3.63) is 36.4 Å². The van der Waals surface area contributed by atoms with Gasteiger partial charge in [0.25, 0.3) is 5.91 Å². The van der Waals surface area contributed by atoms with Crippen molar-refractivity contribution < 1.29 is 67.9 Å². The average Bonchev–Trinajstić information content (AvgIpc) is 4.18. The number of hydrogen-bond acceptors (Lipinski definition) is 12. The number of carbonyl (C=O) groups is 4. The smallest absolute Gasteiger partial charge is 0.427 e. The second-order valence-electron chi connectivity index (χ2n) is 16.9. The van der Waals surface area contributed by atoms with Crippen molar-refractivity contribution >= 4 is 50.4 Å². The van der Waals surface area contributed by atoms with E-state index in [1.807, 2.05) is 23.2 Å². The SMILES string of the molecule is [2H]C([2H])([2H])C(OC(=O)N[C@@H]1C(=O)N2C[C@H](Oc3nc(N4CCOCC4)cc4cc(OC)ccc34)C[C@H]2C(=O)N[C@]2(C(=O)NS(=O)(=O)C3CC3)C[C@H]2/C=C\CC[C@H](C)C[C@H]1C)(C([2H])([2H])[2H])C(F)(F)F. The summed E-state index contributed by atoms with van der Waals surface area (Å²) in [5, 5.41) is 5.17. The van der Waals surface area contributed by atoms with Gasteiger partial charge in [0.15, 0.2) is 0 Å². The van der Waals surface area contributed by atoms with E-state index in [1.54, 1.807) is 30.4 Å². The van der Waals surface area contributed by atoms with Gasteiger partial charge in [0.05, 0.1) is 32.1 Å². The van der Waals surface area contributed by atoms with Gasteiger partial charge in [-0.15, -0.1) is 0 Å². The van der Waals surface area contributed by atoms with Gasteiger partial charge in [-0.05, 0) is 93.7 Å². The monoisotopic (exact) mass is 898 g/mol. The number of pyridine rings is 1. The van der Waals surface area contributed by atoms with Crippen molar-refractivity contribution in [3.8, 4) is 11.6 Å².